The maximum absolute atomic E-state index is 5.92. The van der Waals surface area contributed by atoms with Gasteiger partial charge in [0.2, 0.25) is 5.89 Å². The molecule has 0 saturated carbocycles. The van der Waals surface area contributed by atoms with Crippen molar-refractivity contribution >= 4 is 5.96 Å². The molecule has 1 heterocycles. The molecule has 2 rings (SSSR count). The first-order valence-electron chi connectivity index (χ1n) is 9.23. The van der Waals surface area contributed by atoms with Crippen LogP contribution in [0.3, 0.4) is 0 Å². The minimum atomic E-state index is -0.163. The Morgan fingerprint density at radius 1 is 1.22 bits per heavy atom. The van der Waals surface area contributed by atoms with E-state index in [-0.39, 0.29) is 11.5 Å². The largest absolute Gasteiger partial charge is 0.491 e. The van der Waals surface area contributed by atoms with Gasteiger partial charge in [0.25, 0.3) is 0 Å². The van der Waals surface area contributed by atoms with Crippen molar-refractivity contribution in [2.45, 2.75) is 66.2 Å². The summed E-state index contributed by atoms with van der Waals surface area (Å²) in [4.78, 5) is 8.67. The third-order valence-electron chi connectivity index (χ3n) is 3.78. The first-order chi connectivity index (χ1) is 12.7. The van der Waals surface area contributed by atoms with E-state index in [1.165, 1.54) is 5.56 Å². The fraction of sp³-hybridized carbons (Fsp3) is 0.550. The van der Waals surface area contributed by atoms with Crippen LogP contribution in [-0.2, 0) is 18.5 Å². The van der Waals surface area contributed by atoms with Crippen LogP contribution >= 0.6 is 0 Å². The Kier molecular flexibility index (Phi) is 6.82. The van der Waals surface area contributed by atoms with E-state index in [9.17, 15) is 0 Å². The van der Waals surface area contributed by atoms with E-state index < -0.39 is 0 Å². The standard InChI is InChI=1S/C20H31N5O2/c1-13(2)26-16-10-14(3)8-9-15(16)11-22-19(21-7)23-12-17-24-18(27-25-17)20(4,5)6/h8-10,13H,11-12H2,1-7H3,(H2,21,22,23). The van der Waals surface area contributed by atoms with Crippen LogP contribution < -0.4 is 15.4 Å². The lowest BCUT2D eigenvalue weighted by molar-refractivity contribution is 0.239. The zero-order valence-corrected chi connectivity index (χ0v) is 17.4. The summed E-state index contributed by atoms with van der Waals surface area (Å²) in [7, 11) is 1.73. The van der Waals surface area contributed by atoms with Crippen LogP contribution in [0.5, 0.6) is 5.75 Å². The number of aromatic nitrogens is 2. The van der Waals surface area contributed by atoms with Crippen molar-refractivity contribution in [3.63, 3.8) is 0 Å². The summed E-state index contributed by atoms with van der Waals surface area (Å²) in [6, 6.07) is 6.20. The molecular formula is C20H31N5O2. The second-order valence-corrected chi connectivity index (χ2v) is 7.82. The number of benzene rings is 1. The van der Waals surface area contributed by atoms with Crippen molar-refractivity contribution < 1.29 is 9.26 Å². The van der Waals surface area contributed by atoms with Crippen molar-refractivity contribution in [2.75, 3.05) is 7.05 Å². The molecule has 2 aromatic rings. The van der Waals surface area contributed by atoms with Crippen LogP contribution in [0.1, 0.15) is 57.5 Å². The summed E-state index contributed by atoms with van der Waals surface area (Å²) in [6.45, 7) is 13.3. The van der Waals surface area contributed by atoms with Crippen LogP contribution in [-0.4, -0.2) is 29.3 Å². The summed E-state index contributed by atoms with van der Waals surface area (Å²) in [5.74, 6) is 2.77. The SMILES string of the molecule is CN=C(NCc1noc(C(C)(C)C)n1)NCc1ccc(C)cc1OC(C)C. The summed E-state index contributed by atoms with van der Waals surface area (Å²) in [5.41, 5.74) is 2.08. The van der Waals surface area contributed by atoms with Gasteiger partial charge >= 0.3 is 0 Å². The molecule has 0 aliphatic heterocycles. The molecule has 0 amide bonds. The Hall–Kier alpha value is -2.57. The summed E-state index contributed by atoms with van der Waals surface area (Å²) in [6.07, 6.45) is 0.123. The van der Waals surface area contributed by atoms with E-state index in [2.05, 4.69) is 50.9 Å². The topological polar surface area (TPSA) is 84.6 Å². The fourth-order valence-electron chi connectivity index (χ4n) is 2.36. The van der Waals surface area contributed by atoms with Crippen molar-refractivity contribution in [1.82, 2.24) is 20.8 Å². The van der Waals surface area contributed by atoms with Gasteiger partial charge in [0.1, 0.15) is 5.75 Å². The van der Waals surface area contributed by atoms with Gasteiger partial charge < -0.3 is 19.9 Å². The van der Waals surface area contributed by atoms with Crippen molar-refractivity contribution in [3.8, 4) is 5.75 Å². The van der Waals surface area contributed by atoms with Crippen LogP contribution in [0, 0.1) is 6.92 Å². The lowest BCUT2D eigenvalue weighted by Crippen LogP contribution is -2.36. The fourth-order valence-corrected chi connectivity index (χ4v) is 2.36. The van der Waals surface area contributed by atoms with Gasteiger partial charge in [-0.15, -0.1) is 0 Å². The number of aryl methyl sites for hydroxylation is 1. The average Bonchev–Trinajstić information content (AvgIpc) is 3.05. The second-order valence-electron chi connectivity index (χ2n) is 7.82. The molecule has 2 N–H and O–H groups in total. The molecule has 7 heteroatoms. The molecule has 0 fully saturated rings. The third-order valence-corrected chi connectivity index (χ3v) is 3.78. The maximum Gasteiger partial charge on any atom is 0.232 e. The van der Waals surface area contributed by atoms with E-state index in [1.54, 1.807) is 7.05 Å². The first-order valence-corrected chi connectivity index (χ1v) is 9.23. The zero-order chi connectivity index (χ0) is 20.0. The number of guanidine groups is 1. The van der Waals surface area contributed by atoms with E-state index >= 15 is 0 Å². The van der Waals surface area contributed by atoms with Crippen molar-refractivity contribution in [3.05, 3.63) is 41.0 Å². The summed E-state index contributed by atoms with van der Waals surface area (Å²) in [5, 5.41) is 10.5. The highest BCUT2D eigenvalue weighted by Gasteiger charge is 2.21. The summed E-state index contributed by atoms with van der Waals surface area (Å²) >= 11 is 0. The van der Waals surface area contributed by atoms with Gasteiger partial charge in [-0.2, -0.15) is 4.98 Å². The third kappa shape index (κ3) is 6.27. The number of ether oxygens (including phenoxy) is 1. The Morgan fingerprint density at radius 3 is 2.52 bits per heavy atom. The highest BCUT2D eigenvalue weighted by molar-refractivity contribution is 5.79. The number of nitrogens with zero attached hydrogens (tertiary/aromatic N) is 3. The minimum Gasteiger partial charge on any atom is -0.491 e. The molecule has 27 heavy (non-hydrogen) atoms. The smallest absolute Gasteiger partial charge is 0.232 e. The van der Waals surface area contributed by atoms with E-state index in [0.717, 1.165) is 11.3 Å². The molecule has 0 atom stereocenters. The zero-order valence-electron chi connectivity index (χ0n) is 17.4. The van der Waals surface area contributed by atoms with E-state index in [4.69, 9.17) is 9.26 Å². The molecule has 0 saturated heterocycles. The molecule has 1 aromatic carbocycles. The normalized spacial score (nSPS) is 12.4. The van der Waals surface area contributed by atoms with Gasteiger partial charge in [-0.25, -0.2) is 0 Å². The molecule has 0 spiro atoms. The second kappa shape index (κ2) is 8.88. The molecule has 0 radical (unpaired) electrons. The molecule has 0 aliphatic rings. The van der Waals surface area contributed by atoms with Gasteiger partial charge in [0.15, 0.2) is 11.8 Å². The number of rotatable bonds is 6. The Bertz CT molecular complexity index is 775. The van der Waals surface area contributed by atoms with Gasteiger partial charge in [-0.3, -0.25) is 4.99 Å². The van der Waals surface area contributed by atoms with Crippen LogP contribution in [0.2, 0.25) is 0 Å². The molecule has 1 aromatic heterocycles. The van der Waals surface area contributed by atoms with Crippen molar-refractivity contribution in [2.24, 2.45) is 4.99 Å². The van der Waals surface area contributed by atoms with Crippen LogP contribution in [0.15, 0.2) is 27.7 Å². The number of hydrogen-bond donors (Lipinski definition) is 2. The number of hydrogen-bond acceptors (Lipinski definition) is 5. The van der Waals surface area contributed by atoms with Gasteiger partial charge in [-0.1, -0.05) is 38.1 Å². The molecule has 0 bridgehead atoms. The molecule has 7 nitrogen and oxygen atoms in total. The van der Waals surface area contributed by atoms with Crippen LogP contribution in [0.4, 0.5) is 0 Å². The number of nitrogens with one attached hydrogen (secondary N) is 2. The highest BCUT2D eigenvalue weighted by atomic mass is 16.5. The van der Waals surface area contributed by atoms with Gasteiger partial charge in [0, 0.05) is 24.6 Å². The molecule has 0 unspecified atom stereocenters. The lowest BCUT2D eigenvalue weighted by atomic mass is 9.97. The molecular weight excluding hydrogens is 342 g/mol. The van der Waals surface area contributed by atoms with Crippen LogP contribution in [0.25, 0.3) is 0 Å². The predicted octanol–water partition coefficient (Wildman–Crippen LogP) is 3.33. The maximum atomic E-state index is 5.92. The Morgan fingerprint density at radius 2 is 1.93 bits per heavy atom. The minimum absolute atomic E-state index is 0.123. The number of aliphatic imine (C=N–C) groups is 1. The van der Waals surface area contributed by atoms with Crippen molar-refractivity contribution in [1.29, 1.82) is 0 Å². The molecule has 148 valence electrons. The monoisotopic (exact) mass is 373 g/mol. The Balaban J connectivity index is 1.95. The van der Waals surface area contributed by atoms with E-state index in [0.29, 0.717) is 30.8 Å². The quantitative estimate of drug-likeness (QED) is 0.597. The lowest BCUT2D eigenvalue weighted by Gasteiger charge is -2.16. The Labute approximate surface area is 161 Å². The predicted molar refractivity (Wildman–Crippen MR) is 107 cm³/mol. The van der Waals surface area contributed by atoms with E-state index in [1.807, 2.05) is 34.6 Å². The summed E-state index contributed by atoms with van der Waals surface area (Å²) < 4.78 is 11.2. The molecule has 0 aliphatic carbocycles. The first kappa shape index (κ1) is 20.7. The highest BCUT2D eigenvalue weighted by Crippen LogP contribution is 2.22. The average molecular weight is 374 g/mol. The van der Waals surface area contributed by atoms with Gasteiger partial charge in [0.05, 0.1) is 12.6 Å². The van der Waals surface area contributed by atoms with Gasteiger partial charge in [-0.05, 0) is 32.4 Å².